The lowest BCUT2D eigenvalue weighted by molar-refractivity contribution is -0.118. The second kappa shape index (κ2) is 9.21. The van der Waals surface area contributed by atoms with Crippen molar-refractivity contribution in [3.63, 3.8) is 0 Å². The van der Waals surface area contributed by atoms with E-state index in [4.69, 9.17) is 11.6 Å². The predicted octanol–water partition coefficient (Wildman–Crippen LogP) is 4.08. The van der Waals surface area contributed by atoms with Crippen molar-refractivity contribution < 1.29 is 9.59 Å². The lowest BCUT2D eigenvalue weighted by Gasteiger charge is -2.36. The number of nitrogens with one attached hydrogen (secondary N) is 1. The van der Waals surface area contributed by atoms with Gasteiger partial charge in [0, 0.05) is 29.7 Å². The smallest absolute Gasteiger partial charge is 0.254 e. The molecule has 2 saturated carbocycles. The van der Waals surface area contributed by atoms with Gasteiger partial charge in [0.15, 0.2) is 5.82 Å². The predicted molar refractivity (Wildman–Crippen MR) is 141 cm³/mol. The van der Waals surface area contributed by atoms with Gasteiger partial charge in [-0.25, -0.2) is 0 Å². The normalized spacial score (nSPS) is 24.4. The summed E-state index contributed by atoms with van der Waals surface area (Å²) in [6, 6.07) is 7.33. The number of hydrogen-bond donors (Lipinski definition) is 1. The molecule has 0 unspecified atom stereocenters. The molecule has 194 valence electrons. The van der Waals surface area contributed by atoms with Crippen LogP contribution in [0.25, 0.3) is 0 Å². The van der Waals surface area contributed by atoms with E-state index in [-0.39, 0.29) is 35.7 Å². The van der Waals surface area contributed by atoms with Gasteiger partial charge in [-0.05, 0) is 86.8 Å². The van der Waals surface area contributed by atoms with E-state index in [1.165, 1.54) is 0 Å². The standard InChI is InChI=1S/C28H28ClN7O2/c1-14-15(2)26(35-12-19-8-24(19)28(35)38)34-33-25(14)16(3)36-13-20(11-31-36)27(37)32-22-6-18(7-22)23-9-21(29)5-4-17(23)10-30/h4-5,9,11,13,16,18-19,22,24H,6-8,12H2,1-3H3,(H,32,37)/t16-,18?,19-,22?,24-/m1/s1. The number of anilines is 1. The number of carbonyl (C=O) groups is 2. The Morgan fingerprint density at radius 3 is 2.71 bits per heavy atom. The minimum absolute atomic E-state index is 0.0291. The van der Waals surface area contributed by atoms with Gasteiger partial charge in [-0.3, -0.25) is 19.2 Å². The van der Waals surface area contributed by atoms with Crippen molar-refractivity contribution >= 4 is 29.2 Å². The highest BCUT2D eigenvalue weighted by Gasteiger charge is 2.53. The Balaban J connectivity index is 1.11. The Morgan fingerprint density at radius 2 is 2.00 bits per heavy atom. The fourth-order valence-electron chi connectivity index (χ4n) is 5.76. The molecule has 3 heterocycles. The summed E-state index contributed by atoms with van der Waals surface area (Å²) in [4.78, 5) is 27.2. The molecule has 1 saturated heterocycles. The fourth-order valence-corrected chi connectivity index (χ4v) is 5.94. The Labute approximate surface area is 225 Å². The fraction of sp³-hybridized carbons (Fsp3) is 0.429. The molecule has 3 atom stereocenters. The van der Waals surface area contributed by atoms with E-state index < -0.39 is 0 Å². The number of rotatable bonds is 6. The SMILES string of the molecule is Cc1c([C@@H](C)n2cc(C(=O)NC3CC(c4cc(Cl)ccc4C#N)C3)cn2)nnc(N2C[C@H]3C[C@H]3C2=O)c1C. The molecule has 2 aliphatic carbocycles. The quantitative estimate of drug-likeness (QED) is 0.514. The number of nitriles is 1. The maximum atomic E-state index is 12.9. The van der Waals surface area contributed by atoms with E-state index in [1.807, 2.05) is 26.8 Å². The number of piperidine rings is 1. The molecule has 3 aromatic rings. The van der Waals surface area contributed by atoms with Crippen molar-refractivity contribution in [2.24, 2.45) is 11.8 Å². The molecule has 1 N–H and O–H groups in total. The first-order valence-electron chi connectivity index (χ1n) is 12.9. The number of amides is 2. The molecule has 6 rings (SSSR count). The van der Waals surface area contributed by atoms with E-state index in [0.29, 0.717) is 27.9 Å². The van der Waals surface area contributed by atoms with Crippen LogP contribution in [0.4, 0.5) is 5.82 Å². The van der Waals surface area contributed by atoms with Gasteiger partial charge in [0.2, 0.25) is 5.91 Å². The third kappa shape index (κ3) is 4.13. The van der Waals surface area contributed by atoms with Crippen LogP contribution >= 0.6 is 11.6 Å². The third-order valence-corrected chi connectivity index (χ3v) is 8.65. The lowest BCUT2D eigenvalue weighted by Crippen LogP contribution is -2.43. The molecule has 0 spiro atoms. The summed E-state index contributed by atoms with van der Waals surface area (Å²) in [5.41, 5.74) is 4.72. The van der Waals surface area contributed by atoms with Crippen molar-refractivity contribution in [2.45, 2.75) is 58.0 Å². The second-order valence-corrected chi connectivity index (χ2v) is 11.2. The Kier molecular flexibility index (Phi) is 5.95. The zero-order valence-corrected chi connectivity index (χ0v) is 22.2. The summed E-state index contributed by atoms with van der Waals surface area (Å²) >= 11 is 6.13. The largest absolute Gasteiger partial charge is 0.349 e. The molecule has 1 aliphatic heterocycles. The van der Waals surface area contributed by atoms with Gasteiger partial charge in [0.05, 0.1) is 35.1 Å². The zero-order valence-electron chi connectivity index (χ0n) is 21.5. The summed E-state index contributed by atoms with van der Waals surface area (Å²) < 4.78 is 1.72. The molecule has 3 fully saturated rings. The molecule has 1 aromatic carbocycles. The molecule has 9 nitrogen and oxygen atoms in total. The number of hydrogen-bond acceptors (Lipinski definition) is 6. The summed E-state index contributed by atoms with van der Waals surface area (Å²) in [5.74, 6) is 1.46. The van der Waals surface area contributed by atoms with Crippen LogP contribution < -0.4 is 10.2 Å². The lowest BCUT2D eigenvalue weighted by atomic mass is 9.74. The van der Waals surface area contributed by atoms with Crippen LogP contribution in [0.5, 0.6) is 0 Å². The average Bonchev–Trinajstić information content (AvgIpc) is 3.33. The van der Waals surface area contributed by atoms with Gasteiger partial charge in [-0.1, -0.05) is 11.6 Å². The number of halogens is 1. The first-order chi connectivity index (χ1) is 18.2. The number of nitrogens with zero attached hydrogens (tertiary/aromatic N) is 6. The van der Waals surface area contributed by atoms with Crippen LogP contribution in [-0.4, -0.2) is 44.4 Å². The molecular formula is C28H28ClN7O2. The highest BCUT2D eigenvalue weighted by Crippen LogP contribution is 2.47. The van der Waals surface area contributed by atoms with Crippen molar-refractivity contribution in [3.8, 4) is 6.07 Å². The van der Waals surface area contributed by atoms with Gasteiger partial charge >= 0.3 is 0 Å². The van der Waals surface area contributed by atoms with Crippen molar-refractivity contribution in [1.29, 1.82) is 5.26 Å². The van der Waals surface area contributed by atoms with E-state index >= 15 is 0 Å². The van der Waals surface area contributed by atoms with Gasteiger partial charge in [-0.2, -0.15) is 15.5 Å². The zero-order chi connectivity index (χ0) is 26.7. The molecule has 0 radical (unpaired) electrons. The van der Waals surface area contributed by atoms with Crippen LogP contribution in [0.2, 0.25) is 5.02 Å². The maximum Gasteiger partial charge on any atom is 0.254 e. The minimum atomic E-state index is -0.236. The van der Waals surface area contributed by atoms with Crippen molar-refractivity contribution in [1.82, 2.24) is 25.3 Å². The first kappa shape index (κ1) is 24.6. The Bertz CT molecular complexity index is 1500. The van der Waals surface area contributed by atoms with Crippen LogP contribution in [0.1, 0.15) is 76.5 Å². The van der Waals surface area contributed by atoms with Crippen molar-refractivity contribution in [3.05, 3.63) is 69.1 Å². The molecule has 3 aliphatic rings. The highest BCUT2D eigenvalue weighted by atomic mass is 35.5. The van der Waals surface area contributed by atoms with Gasteiger partial charge in [0.25, 0.3) is 5.91 Å². The van der Waals surface area contributed by atoms with E-state index in [0.717, 1.165) is 48.2 Å². The number of aromatic nitrogens is 4. The summed E-state index contributed by atoms with van der Waals surface area (Å²) in [5, 5.41) is 26.4. The van der Waals surface area contributed by atoms with Gasteiger partial charge in [-0.15, -0.1) is 5.10 Å². The van der Waals surface area contributed by atoms with Crippen LogP contribution in [0, 0.1) is 37.0 Å². The monoisotopic (exact) mass is 529 g/mol. The molecule has 2 amide bonds. The minimum Gasteiger partial charge on any atom is -0.349 e. The summed E-state index contributed by atoms with van der Waals surface area (Å²) in [6.07, 6.45) is 5.80. The molecule has 38 heavy (non-hydrogen) atoms. The molecule has 2 aromatic heterocycles. The van der Waals surface area contributed by atoms with Crippen LogP contribution in [-0.2, 0) is 4.79 Å². The van der Waals surface area contributed by atoms with Gasteiger partial charge < -0.3 is 5.32 Å². The maximum absolute atomic E-state index is 12.9. The number of benzene rings is 1. The van der Waals surface area contributed by atoms with Crippen molar-refractivity contribution in [2.75, 3.05) is 11.4 Å². The first-order valence-corrected chi connectivity index (χ1v) is 13.3. The Morgan fingerprint density at radius 1 is 1.21 bits per heavy atom. The average molecular weight is 530 g/mol. The topological polar surface area (TPSA) is 117 Å². The molecular weight excluding hydrogens is 502 g/mol. The summed E-state index contributed by atoms with van der Waals surface area (Å²) in [6.45, 7) is 6.66. The van der Waals surface area contributed by atoms with E-state index in [9.17, 15) is 14.9 Å². The molecule has 10 heteroatoms. The summed E-state index contributed by atoms with van der Waals surface area (Å²) in [7, 11) is 0. The van der Waals surface area contributed by atoms with Crippen LogP contribution in [0.3, 0.4) is 0 Å². The Hall–Kier alpha value is -3.77. The van der Waals surface area contributed by atoms with E-state index in [2.05, 4.69) is 26.7 Å². The highest BCUT2D eigenvalue weighted by molar-refractivity contribution is 6.30. The number of carbonyl (C=O) groups excluding carboxylic acids is 2. The third-order valence-electron chi connectivity index (χ3n) is 8.42. The van der Waals surface area contributed by atoms with Crippen LogP contribution in [0.15, 0.2) is 30.6 Å². The van der Waals surface area contributed by atoms with E-state index in [1.54, 1.807) is 34.1 Å². The number of fused-ring (bicyclic) bond motifs is 1. The second-order valence-electron chi connectivity index (χ2n) is 10.8. The van der Waals surface area contributed by atoms with Gasteiger partial charge in [0.1, 0.15) is 0 Å². The molecule has 0 bridgehead atoms.